The number of halogens is 1. The number of thiazole rings is 1. The van der Waals surface area contributed by atoms with Crippen LogP contribution in [0.25, 0.3) is 0 Å². The number of carbonyl (C=O) groups is 1. The number of nitrogen functional groups attached to an aromatic ring is 1. The van der Waals surface area contributed by atoms with Crippen molar-refractivity contribution in [3.8, 4) is 0 Å². The SMILES string of the molecule is Cc1csc(CNC(=O)c2ccc(Br)c(N)c2)n1. The zero-order chi connectivity index (χ0) is 13.1. The number of hydrogen-bond donors (Lipinski definition) is 2. The highest BCUT2D eigenvalue weighted by Crippen LogP contribution is 2.20. The van der Waals surface area contributed by atoms with Gasteiger partial charge in [0.2, 0.25) is 0 Å². The molecule has 0 bridgehead atoms. The normalized spacial score (nSPS) is 10.3. The molecule has 4 nitrogen and oxygen atoms in total. The highest BCUT2D eigenvalue weighted by Gasteiger charge is 2.08. The Hall–Kier alpha value is -1.40. The second-order valence-electron chi connectivity index (χ2n) is 3.80. The lowest BCUT2D eigenvalue weighted by molar-refractivity contribution is 0.0951. The van der Waals surface area contributed by atoms with E-state index in [0.717, 1.165) is 15.2 Å². The summed E-state index contributed by atoms with van der Waals surface area (Å²) in [5.41, 5.74) is 7.80. The fourth-order valence-corrected chi connectivity index (χ4v) is 2.38. The molecule has 0 saturated heterocycles. The number of nitrogens with zero attached hydrogens (tertiary/aromatic N) is 1. The summed E-state index contributed by atoms with van der Waals surface area (Å²) >= 11 is 4.83. The summed E-state index contributed by atoms with van der Waals surface area (Å²) in [5.74, 6) is -0.151. The Morgan fingerprint density at radius 3 is 2.94 bits per heavy atom. The average molecular weight is 326 g/mol. The summed E-state index contributed by atoms with van der Waals surface area (Å²) in [7, 11) is 0. The molecule has 6 heteroatoms. The molecule has 0 atom stereocenters. The summed E-state index contributed by atoms with van der Waals surface area (Å²) in [4.78, 5) is 16.2. The minimum Gasteiger partial charge on any atom is -0.398 e. The maximum absolute atomic E-state index is 11.9. The van der Waals surface area contributed by atoms with Gasteiger partial charge in [-0.1, -0.05) is 0 Å². The van der Waals surface area contributed by atoms with Crippen LogP contribution in [0.15, 0.2) is 28.1 Å². The van der Waals surface area contributed by atoms with E-state index < -0.39 is 0 Å². The third kappa shape index (κ3) is 3.08. The number of amides is 1. The van der Waals surface area contributed by atoms with Gasteiger partial charge in [-0.15, -0.1) is 11.3 Å². The minimum atomic E-state index is -0.151. The summed E-state index contributed by atoms with van der Waals surface area (Å²) in [6, 6.07) is 5.13. The van der Waals surface area contributed by atoms with Gasteiger partial charge >= 0.3 is 0 Å². The van der Waals surface area contributed by atoms with Gasteiger partial charge in [0.05, 0.1) is 6.54 Å². The van der Waals surface area contributed by atoms with Crippen LogP contribution in [0, 0.1) is 6.92 Å². The molecule has 0 unspecified atom stereocenters. The van der Waals surface area contributed by atoms with Crippen LogP contribution in [-0.4, -0.2) is 10.9 Å². The van der Waals surface area contributed by atoms with Gasteiger partial charge in [-0.25, -0.2) is 4.98 Å². The molecule has 1 amide bonds. The highest BCUT2D eigenvalue weighted by atomic mass is 79.9. The van der Waals surface area contributed by atoms with Gasteiger partial charge in [0, 0.05) is 26.8 Å². The summed E-state index contributed by atoms with van der Waals surface area (Å²) in [6.45, 7) is 2.37. The Labute approximate surface area is 117 Å². The second kappa shape index (κ2) is 5.49. The predicted octanol–water partition coefficient (Wildman–Crippen LogP) is 2.73. The first-order chi connectivity index (χ1) is 8.56. The van der Waals surface area contributed by atoms with Gasteiger partial charge in [0.25, 0.3) is 5.91 Å². The Bertz CT molecular complexity index is 582. The molecule has 94 valence electrons. The van der Waals surface area contributed by atoms with Crippen molar-refractivity contribution in [2.24, 2.45) is 0 Å². The van der Waals surface area contributed by atoms with Crippen LogP contribution in [0.1, 0.15) is 21.1 Å². The van der Waals surface area contributed by atoms with Crippen LogP contribution < -0.4 is 11.1 Å². The van der Waals surface area contributed by atoms with Crippen molar-refractivity contribution in [3.05, 3.63) is 44.3 Å². The molecule has 2 rings (SSSR count). The maximum Gasteiger partial charge on any atom is 0.251 e. The van der Waals surface area contributed by atoms with Crippen LogP contribution in [-0.2, 0) is 6.54 Å². The third-order valence-corrected chi connectivity index (χ3v) is 4.01. The van der Waals surface area contributed by atoms with Crippen molar-refractivity contribution in [3.63, 3.8) is 0 Å². The van der Waals surface area contributed by atoms with Crippen LogP contribution in [0.5, 0.6) is 0 Å². The molecule has 1 aromatic carbocycles. The molecule has 0 radical (unpaired) electrons. The lowest BCUT2D eigenvalue weighted by Crippen LogP contribution is -2.22. The molecule has 2 aromatic rings. The van der Waals surface area contributed by atoms with Crippen molar-refractivity contribution >= 4 is 38.9 Å². The van der Waals surface area contributed by atoms with E-state index in [2.05, 4.69) is 26.2 Å². The standard InChI is InChI=1S/C12H12BrN3OS/c1-7-6-18-11(16-7)5-15-12(17)8-2-3-9(13)10(14)4-8/h2-4,6H,5,14H2,1H3,(H,15,17). The van der Waals surface area contributed by atoms with E-state index in [9.17, 15) is 4.79 Å². The van der Waals surface area contributed by atoms with Crippen molar-refractivity contribution < 1.29 is 4.79 Å². The molecule has 1 heterocycles. The zero-order valence-corrected chi connectivity index (χ0v) is 12.1. The molecule has 0 saturated carbocycles. The molecular weight excluding hydrogens is 314 g/mol. The van der Waals surface area contributed by atoms with Gasteiger partial charge in [-0.05, 0) is 41.1 Å². The number of nitrogens with one attached hydrogen (secondary N) is 1. The van der Waals surface area contributed by atoms with Gasteiger partial charge in [0.1, 0.15) is 5.01 Å². The highest BCUT2D eigenvalue weighted by molar-refractivity contribution is 9.10. The van der Waals surface area contributed by atoms with Crippen LogP contribution in [0.4, 0.5) is 5.69 Å². The van der Waals surface area contributed by atoms with E-state index in [0.29, 0.717) is 17.8 Å². The average Bonchev–Trinajstić information content (AvgIpc) is 2.75. The van der Waals surface area contributed by atoms with E-state index in [4.69, 9.17) is 5.73 Å². The number of aromatic nitrogens is 1. The van der Waals surface area contributed by atoms with Gasteiger partial charge in [-0.2, -0.15) is 0 Å². The summed E-state index contributed by atoms with van der Waals surface area (Å²) in [5, 5.41) is 5.67. The number of aryl methyl sites for hydroxylation is 1. The van der Waals surface area contributed by atoms with Crippen LogP contribution >= 0.6 is 27.3 Å². The Morgan fingerprint density at radius 2 is 2.33 bits per heavy atom. The molecular formula is C12H12BrN3OS. The van der Waals surface area contributed by atoms with E-state index in [1.54, 1.807) is 18.2 Å². The van der Waals surface area contributed by atoms with Gasteiger partial charge in [-0.3, -0.25) is 4.79 Å². The third-order valence-electron chi connectivity index (χ3n) is 2.32. The molecule has 0 aliphatic heterocycles. The van der Waals surface area contributed by atoms with E-state index in [1.165, 1.54) is 11.3 Å². The topological polar surface area (TPSA) is 68.0 Å². The van der Waals surface area contributed by atoms with E-state index in [-0.39, 0.29) is 5.91 Å². The van der Waals surface area contributed by atoms with Crippen LogP contribution in [0.3, 0.4) is 0 Å². The van der Waals surface area contributed by atoms with Crippen molar-refractivity contribution in [2.75, 3.05) is 5.73 Å². The number of carbonyl (C=O) groups excluding carboxylic acids is 1. The number of benzene rings is 1. The first-order valence-corrected chi connectivity index (χ1v) is 6.98. The van der Waals surface area contributed by atoms with Crippen LogP contribution in [0.2, 0.25) is 0 Å². The maximum atomic E-state index is 11.9. The number of nitrogens with two attached hydrogens (primary N) is 1. The Balaban J connectivity index is 2.01. The molecule has 0 spiro atoms. The molecule has 0 aliphatic carbocycles. The monoisotopic (exact) mass is 325 g/mol. The fraction of sp³-hybridized carbons (Fsp3) is 0.167. The second-order valence-corrected chi connectivity index (χ2v) is 5.60. The first-order valence-electron chi connectivity index (χ1n) is 5.30. The van der Waals surface area contributed by atoms with Crippen molar-refractivity contribution in [2.45, 2.75) is 13.5 Å². The van der Waals surface area contributed by atoms with Crippen molar-refractivity contribution in [1.29, 1.82) is 0 Å². The molecule has 3 N–H and O–H groups in total. The first kappa shape index (κ1) is 13.0. The molecule has 0 fully saturated rings. The Kier molecular flexibility index (Phi) is 3.98. The quantitative estimate of drug-likeness (QED) is 0.852. The zero-order valence-electron chi connectivity index (χ0n) is 9.74. The number of hydrogen-bond acceptors (Lipinski definition) is 4. The lowest BCUT2D eigenvalue weighted by atomic mass is 10.2. The van der Waals surface area contributed by atoms with E-state index in [1.807, 2.05) is 12.3 Å². The molecule has 18 heavy (non-hydrogen) atoms. The summed E-state index contributed by atoms with van der Waals surface area (Å²) in [6.07, 6.45) is 0. The number of anilines is 1. The van der Waals surface area contributed by atoms with E-state index >= 15 is 0 Å². The molecule has 0 aliphatic rings. The molecule has 1 aromatic heterocycles. The smallest absolute Gasteiger partial charge is 0.251 e. The van der Waals surface area contributed by atoms with Crippen molar-refractivity contribution in [1.82, 2.24) is 10.3 Å². The summed E-state index contributed by atoms with van der Waals surface area (Å²) < 4.78 is 0.787. The van der Waals surface area contributed by atoms with Gasteiger partial charge in [0.15, 0.2) is 0 Å². The predicted molar refractivity (Wildman–Crippen MR) is 76.6 cm³/mol. The number of rotatable bonds is 3. The van der Waals surface area contributed by atoms with Gasteiger partial charge < -0.3 is 11.1 Å². The fourth-order valence-electron chi connectivity index (χ4n) is 1.43. The minimum absolute atomic E-state index is 0.151. The largest absolute Gasteiger partial charge is 0.398 e. The lowest BCUT2D eigenvalue weighted by Gasteiger charge is -2.05. The Morgan fingerprint density at radius 1 is 1.56 bits per heavy atom.